The van der Waals surface area contributed by atoms with Crippen LogP contribution in [0.3, 0.4) is 0 Å². The number of halogens is 2. The number of nitrogens with zero attached hydrogens (tertiary/aromatic N) is 2. The molecule has 0 spiro atoms. The lowest BCUT2D eigenvalue weighted by Gasteiger charge is -2.01. The van der Waals surface area contributed by atoms with E-state index < -0.39 is 5.91 Å². The average Bonchev–Trinajstić information content (AvgIpc) is 3.09. The number of carbonyl (C=O) groups excluding carboxylic acids is 1. The van der Waals surface area contributed by atoms with Crippen molar-refractivity contribution in [1.29, 1.82) is 5.26 Å². The summed E-state index contributed by atoms with van der Waals surface area (Å²) < 4.78 is 13.0. The summed E-state index contributed by atoms with van der Waals surface area (Å²) in [5, 5.41) is 12.7. The van der Waals surface area contributed by atoms with Crippen LogP contribution < -0.4 is 5.32 Å². The zero-order valence-corrected chi connectivity index (χ0v) is 15.5. The second-order valence-electron chi connectivity index (χ2n) is 5.58. The lowest BCUT2D eigenvalue weighted by molar-refractivity contribution is -0.112. The summed E-state index contributed by atoms with van der Waals surface area (Å²) in [7, 11) is 0. The number of hydrogen-bond donors (Lipinski definition) is 1. The quantitative estimate of drug-likeness (QED) is 0.482. The molecule has 27 heavy (non-hydrogen) atoms. The summed E-state index contributed by atoms with van der Waals surface area (Å²) in [6.07, 6.45) is 3.66. The second-order valence-corrected chi connectivity index (χ2v) is 7.10. The van der Waals surface area contributed by atoms with Crippen molar-refractivity contribution in [3.63, 3.8) is 0 Å². The molecule has 0 atom stereocenters. The number of rotatable bonds is 5. The van der Waals surface area contributed by atoms with E-state index in [4.69, 9.17) is 11.6 Å². The Hall–Kier alpha value is -3.01. The van der Waals surface area contributed by atoms with E-state index in [0.717, 1.165) is 10.4 Å². The van der Waals surface area contributed by atoms with Crippen molar-refractivity contribution in [3.8, 4) is 6.07 Å². The molecule has 3 rings (SSSR count). The van der Waals surface area contributed by atoms with Crippen LogP contribution in [0.4, 0.5) is 9.52 Å². The minimum Gasteiger partial charge on any atom is -0.297 e. The monoisotopic (exact) mass is 397 g/mol. The summed E-state index contributed by atoms with van der Waals surface area (Å²) in [5.41, 5.74) is 1.45. The third-order valence-corrected chi connectivity index (χ3v) is 4.89. The molecule has 1 N–H and O–H groups in total. The second kappa shape index (κ2) is 8.58. The Kier molecular flexibility index (Phi) is 5.97. The molecule has 2 aromatic carbocycles. The van der Waals surface area contributed by atoms with E-state index in [1.807, 2.05) is 6.07 Å². The Morgan fingerprint density at radius 2 is 2.00 bits per heavy atom. The summed E-state index contributed by atoms with van der Waals surface area (Å²) in [6.45, 7) is 0. The molecule has 1 aromatic heterocycles. The highest BCUT2D eigenvalue weighted by Gasteiger charge is 2.13. The summed E-state index contributed by atoms with van der Waals surface area (Å²) >= 11 is 7.36. The van der Waals surface area contributed by atoms with E-state index in [-0.39, 0.29) is 11.4 Å². The van der Waals surface area contributed by atoms with Crippen molar-refractivity contribution in [2.24, 2.45) is 0 Å². The molecule has 0 aliphatic heterocycles. The number of hydrogen-bond acceptors (Lipinski definition) is 4. The average molecular weight is 398 g/mol. The van der Waals surface area contributed by atoms with Crippen LogP contribution in [0.1, 0.15) is 16.0 Å². The number of carbonyl (C=O) groups is 1. The van der Waals surface area contributed by atoms with E-state index in [1.54, 1.807) is 42.6 Å². The maximum absolute atomic E-state index is 13.0. The third kappa shape index (κ3) is 5.00. The van der Waals surface area contributed by atoms with Crippen molar-refractivity contribution < 1.29 is 9.18 Å². The van der Waals surface area contributed by atoms with Crippen LogP contribution in [0.15, 0.2) is 60.3 Å². The molecule has 0 aliphatic carbocycles. The standard InChI is InChI=1S/C20H13ClFN3OS/c21-18-4-2-1-3-14(18)10-15(11-23)19(26)25-20-24-12-17(27-20)9-13-5-7-16(22)8-6-13/h1-8,10,12H,9H2,(H,24,25,26)/b15-10-. The van der Waals surface area contributed by atoms with Gasteiger partial charge in [0.05, 0.1) is 0 Å². The van der Waals surface area contributed by atoms with Crippen LogP contribution in [0.2, 0.25) is 5.02 Å². The first-order chi connectivity index (χ1) is 13.0. The first-order valence-electron chi connectivity index (χ1n) is 7.92. The normalized spacial score (nSPS) is 11.1. The van der Waals surface area contributed by atoms with Crippen LogP contribution in [0.25, 0.3) is 6.08 Å². The SMILES string of the molecule is N#C/C(=C/c1ccccc1Cl)C(=O)Nc1ncc(Cc2ccc(F)cc2)s1. The number of thiazole rings is 1. The van der Waals surface area contributed by atoms with Gasteiger partial charge in [-0.2, -0.15) is 5.26 Å². The maximum Gasteiger partial charge on any atom is 0.268 e. The van der Waals surface area contributed by atoms with Gasteiger partial charge in [-0.25, -0.2) is 9.37 Å². The number of amides is 1. The van der Waals surface area contributed by atoms with Crippen molar-refractivity contribution in [2.45, 2.75) is 6.42 Å². The fourth-order valence-electron chi connectivity index (χ4n) is 2.31. The lowest BCUT2D eigenvalue weighted by Crippen LogP contribution is -2.13. The summed E-state index contributed by atoms with van der Waals surface area (Å²) in [4.78, 5) is 17.4. The van der Waals surface area contributed by atoms with Crippen molar-refractivity contribution >= 4 is 40.1 Å². The fourth-order valence-corrected chi connectivity index (χ4v) is 3.34. The van der Waals surface area contributed by atoms with Gasteiger partial charge in [0.2, 0.25) is 0 Å². The van der Waals surface area contributed by atoms with Crippen molar-refractivity contribution in [1.82, 2.24) is 4.98 Å². The molecular weight excluding hydrogens is 385 g/mol. The molecule has 3 aromatic rings. The van der Waals surface area contributed by atoms with E-state index in [0.29, 0.717) is 22.1 Å². The molecule has 0 radical (unpaired) electrons. The molecule has 1 amide bonds. The number of anilines is 1. The molecule has 134 valence electrons. The summed E-state index contributed by atoms with van der Waals surface area (Å²) in [6, 6.07) is 15.0. The van der Waals surface area contributed by atoms with Crippen LogP contribution in [-0.2, 0) is 11.2 Å². The predicted octanol–water partition coefficient (Wildman–Crippen LogP) is 5.07. The van der Waals surface area contributed by atoms with Gasteiger partial charge in [0.15, 0.2) is 5.13 Å². The van der Waals surface area contributed by atoms with Gasteiger partial charge in [-0.15, -0.1) is 11.3 Å². The Morgan fingerprint density at radius 3 is 2.70 bits per heavy atom. The zero-order chi connectivity index (χ0) is 19.2. The molecule has 0 aliphatic rings. The number of nitriles is 1. The van der Waals surface area contributed by atoms with Crippen LogP contribution in [-0.4, -0.2) is 10.9 Å². The molecular formula is C20H13ClFN3OS. The van der Waals surface area contributed by atoms with Gasteiger partial charge in [0.25, 0.3) is 5.91 Å². The van der Waals surface area contributed by atoms with Gasteiger partial charge < -0.3 is 0 Å². The van der Waals surface area contributed by atoms with Crippen molar-refractivity contribution in [3.05, 3.63) is 87.1 Å². The van der Waals surface area contributed by atoms with Gasteiger partial charge in [-0.3, -0.25) is 10.1 Å². The largest absolute Gasteiger partial charge is 0.297 e. The molecule has 0 saturated carbocycles. The first kappa shape index (κ1) is 18.8. The van der Waals surface area contributed by atoms with Gasteiger partial charge in [0, 0.05) is 22.5 Å². The smallest absolute Gasteiger partial charge is 0.268 e. The minimum absolute atomic E-state index is 0.0709. The predicted molar refractivity (Wildman–Crippen MR) is 105 cm³/mol. The van der Waals surface area contributed by atoms with Crippen LogP contribution in [0, 0.1) is 17.1 Å². The van der Waals surface area contributed by atoms with E-state index in [1.165, 1.54) is 29.5 Å². The van der Waals surface area contributed by atoms with E-state index in [9.17, 15) is 14.4 Å². The molecule has 4 nitrogen and oxygen atoms in total. The topological polar surface area (TPSA) is 65.8 Å². The Labute approximate surface area is 164 Å². The Bertz CT molecular complexity index is 1040. The molecule has 0 fully saturated rings. The Morgan fingerprint density at radius 1 is 1.26 bits per heavy atom. The number of benzene rings is 2. The molecule has 0 bridgehead atoms. The highest BCUT2D eigenvalue weighted by Crippen LogP contribution is 2.23. The van der Waals surface area contributed by atoms with Crippen molar-refractivity contribution in [2.75, 3.05) is 5.32 Å². The van der Waals surface area contributed by atoms with Gasteiger partial charge in [0.1, 0.15) is 17.5 Å². The highest BCUT2D eigenvalue weighted by atomic mass is 35.5. The van der Waals surface area contributed by atoms with E-state index in [2.05, 4.69) is 10.3 Å². The first-order valence-corrected chi connectivity index (χ1v) is 9.11. The van der Waals surface area contributed by atoms with Crippen LogP contribution >= 0.6 is 22.9 Å². The Balaban J connectivity index is 1.70. The fraction of sp³-hybridized carbons (Fsp3) is 0.0500. The molecule has 7 heteroatoms. The highest BCUT2D eigenvalue weighted by molar-refractivity contribution is 7.15. The number of nitrogens with one attached hydrogen (secondary N) is 1. The summed E-state index contributed by atoms with van der Waals surface area (Å²) in [5.74, 6) is -0.842. The van der Waals surface area contributed by atoms with Gasteiger partial charge in [-0.1, -0.05) is 41.9 Å². The third-order valence-electron chi connectivity index (χ3n) is 3.64. The number of aromatic nitrogens is 1. The molecule has 0 saturated heterocycles. The minimum atomic E-state index is -0.555. The lowest BCUT2D eigenvalue weighted by atomic mass is 10.1. The molecule has 1 heterocycles. The molecule has 0 unspecified atom stereocenters. The van der Waals surface area contributed by atoms with Gasteiger partial charge >= 0.3 is 0 Å². The zero-order valence-electron chi connectivity index (χ0n) is 13.9. The maximum atomic E-state index is 13.0. The van der Waals surface area contributed by atoms with E-state index >= 15 is 0 Å². The van der Waals surface area contributed by atoms with Crippen LogP contribution in [0.5, 0.6) is 0 Å². The van der Waals surface area contributed by atoms with Gasteiger partial charge in [-0.05, 0) is 35.4 Å².